The quantitative estimate of drug-likeness (QED) is 0.363. The fourth-order valence-corrected chi connectivity index (χ4v) is 2.00. The van der Waals surface area contributed by atoms with E-state index in [0.29, 0.717) is 19.4 Å². The normalized spacial score (nSPS) is 12.2. The minimum atomic E-state index is -0.834. The Morgan fingerprint density at radius 1 is 1.31 bits per heavy atom. The average Bonchev–Trinajstić information content (AvgIpc) is 2.14. The van der Waals surface area contributed by atoms with Crippen LogP contribution in [0.25, 0.3) is 0 Å². The van der Waals surface area contributed by atoms with Gasteiger partial charge in [-0.05, 0) is 26.3 Å². The summed E-state index contributed by atoms with van der Waals surface area (Å²) in [6, 6.07) is 0. The van der Waals surface area contributed by atoms with Crippen molar-refractivity contribution in [1.29, 1.82) is 0 Å². The first kappa shape index (κ1) is 12.8. The van der Waals surface area contributed by atoms with Crippen LogP contribution in [0.15, 0.2) is 11.6 Å². The second kappa shape index (κ2) is 8.36. The van der Waals surface area contributed by atoms with Crippen LogP contribution >= 0.6 is 8.38 Å². The molecule has 13 heavy (non-hydrogen) atoms. The Labute approximate surface area is 81.0 Å². The van der Waals surface area contributed by atoms with Crippen LogP contribution in [0, 0.1) is 0 Å². The molecule has 0 heterocycles. The summed E-state index contributed by atoms with van der Waals surface area (Å²) in [7, 11) is -0.834. The van der Waals surface area contributed by atoms with Gasteiger partial charge in [0.1, 0.15) is 6.29 Å². The summed E-state index contributed by atoms with van der Waals surface area (Å²) in [5.74, 6) is 0. The van der Waals surface area contributed by atoms with Crippen molar-refractivity contribution in [2.24, 2.45) is 0 Å². The van der Waals surface area contributed by atoms with E-state index in [2.05, 4.69) is 0 Å². The first-order chi connectivity index (χ1) is 6.24. The lowest BCUT2D eigenvalue weighted by Crippen LogP contribution is -1.94. The molecule has 0 aromatic heterocycles. The Morgan fingerprint density at radius 2 is 1.85 bits per heavy atom. The number of rotatable bonds is 7. The summed E-state index contributed by atoms with van der Waals surface area (Å²) in [6.07, 6.45) is 3.39. The van der Waals surface area contributed by atoms with Gasteiger partial charge in [-0.2, -0.15) is 0 Å². The summed E-state index contributed by atoms with van der Waals surface area (Å²) in [5.41, 5.74) is 0.729. The lowest BCUT2D eigenvalue weighted by atomic mass is 10.3. The maximum Gasteiger partial charge on any atom is 0.174 e. The van der Waals surface area contributed by atoms with E-state index in [0.717, 1.165) is 11.9 Å². The Bertz CT molecular complexity index is 162. The van der Waals surface area contributed by atoms with Crippen molar-refractivity contribution in [3.63, 3.8) is 0 Å². The van der Waals surface area contributed by atoms with Gasteiger partial charge in [-0.25, -0.2) is 0 Å². The molecule has 3 nitrogen and oxygen atoms in total. The zero-order valence-corrected chi connectivity index (χ0v) is 9.34. The van der Waals surface area contributed by atoms with Crippen molar-refractivity contribution in [3.8, 4) is 0 Å². The van der Waals surface area contributed by atoms with E-state index in [9.17, 15) is 4.79 Å². The van der Waals surface area contributed by atoms with Gasteiger partial charge in [0.15, 0.2) is 8.38 Å². The van der Waals surface area contributed by atoms with E-state index in [1.54, 1.807) is 6.92 Å². The van der Waals surface area contributed by atoms with Gasteiger partial charge in [-0.1, -0.05) is 6.08 Å². The molecule has 0 saturated carbocycles. The zero-order chi connectivity index (χ0) is 10.1. The first-order valence-electron chi connectivity index (χ1n) is 4.39. The van der Waals surface area contributed by atoms with E-state index < -0.39 is 8.38 Å². The molecule has 0 amide bonds. The van der Waals surface area contributed by atoms with Gasteiger partial charge in [0.2, 0.25) is 0 Å². The van der Waals surface area contributed by atoms with Gasteiger partial charge >= 0.3 is 0 Å². The van der Waals surface area contributed by atoms with Crippen molar-refractivity contribution < 1.29 is 13.8 Å². The van der Waals surface area contributed by atoms with Crippen LogP contribution in [0.2, 0.25) is 0 Å². The smallest absolute Gasteiger partial charge is 0.174 e. The number of allylic oxidation sites excluding steroid dienone is 2. The first-order valence-corrected chi connectivity index (χ1v) is 5.76. The molecule has 0 spiro atoms. The van der Waals surface area contributed by atoms with Gasteiger partial charge in [-0.3, -0.25) is 4.79 Å². The largest absolute Gasteiger partial charge is 0.334 e. The number of hydrogen-bond donors (Lipinski definition) is 0. The summed E-state index contributed by atoms with van der Waals surface area (Å²) < 4.78 is 10.7. The molecular weight excluding hydrogens is 187 g/mol. The molecule has 0 bridgehead atoms. The van der Waals surface area contributed by atoms with Crippen molar-refractivity contribution in [2.75, 3.05) is 19.4 Å². The van der Waals surface area contributed by atoms with Gasteiger partial charge in [-0.15, -0.1) is 0 Å². The third kappa shape index (κ3) is 6.88. The molecule has 0 aliphatic carbocycles. The molecule has 0 aromatic carbocycles. The van der Waals surface area contributed by atoms with Crippen molar-refractivity contribution in [3.05, 3.63) is 11.6 Å². The van der Waals surface area contributed by atoms with Gasteiger partial charge in [0.05, 0.1) is 13.2 Å². The Balaban J connectivity index is 3.86. The van der Waals surface area contributed by atoms with Crippen LogP contribution in [0.5, 0.6) is 0 Å². The SMILES string of the molecule is CCOP(CC=C(C)C=O)OCC. The van der Waals surface area contributed by atoms with Crippen molar-refractivity contribution in [1.82, 2.24) is 0 Å². The minimum Gasteiger partial charge on any atom is -0.334 e. The van der Waals surface area contributed by atoms with Crippen LogP contribution < -0.4 is 0 Å². The second-order valence-corrected chi connectivity index (χ2v) is 3.96. The predicted octanol–water partition coefficient (Wildman–Crippen LogP) is 2.52. The molecule has 0 rings (SSSR count). The van der Waals surface area contributed by atoms with E-state index >= 15 is 0 Å². The van der Waals surface area contributed by atoms with Gasteiger partial charge < -0.3 is 9.05 Å². The number of carbonyl (C=O) groups is 1. The zero-order valence-electron chi connectivity index (χ0n) is 8.45. The molecule has 0 N–H and O–H groups in total. The monoisotopic (exact) mass is 204 g/mol. The van der Waals surface area contributed by atoms with Crippen LogP contribution in [-0.4, -0.2) is 25.7 Å². The lowest BCUT2D eigenvalue weighted by molar-refractivity contribution is -0.104. The highest BCUT2D eigenvalue weighted by atomic mass is 31.2. The highest BCUT2D eigenvalue weighted by molar-refractivity contribution is 7.47. The van der Waals surface area contributed by atoms with Gasteiger partial charge in [0, 0.05) is 6.16 Å². The predicted molar refractivity (Wildman–Crippen MR) is 54.9 cm³/mol. The van der Waals surface area contributed by atoms with Crippen molar-refractivity contribution in [2.45, 2.75) is 20.8 Å². The van der Waals surface area contributed by atoms with E-state index in [-0.39, 0.29) is 0 Å². The number of carbonyl (C=O) groups excluding carboxylic acids is 1. The van der Waals surface area contributed by atoms with E-state index in [1.165, 1.54) is 0 Å². The third-order valence-electron chi connectivity index (χ3n) is 1.29. The summed E-state index contributed by atoms with van der Waals surface area (Å²) >= 11 is 0. The van der Waals surface area contributed by atoms with Crippen LogP contribution in [0.3, 0.4) is 0 Å². The molecule has 0 atom stereocenters. The molecule has 0 unspecified atom stereocenters. The Morgan fingerprint density at radius 3 is 2.23 bits per heavy atom. The fraction of sp³-hybridized carbons (Fsp3) is 0.667. The molecular formula is C9H17O3P. The third-order valence-corrected chi connectivity index (χ3v) is 2.87. The topological polar surface area (TPSA) is 35.5 Å². The Kier molecular flexibility index (Phi) is 8.21. The molecule has 0 fully saturated rings. The molecule has 76 valence electrons. The molecule has 0 aromatic rings. The van der Waals surface area contributed by atoms with Crippen LogP contribution in [-0.2, 0) is 13.8 Å². The number of aldehydes is 1. The molecule has 0 saturated heterocycles. The van der Waals surface area contributed by atoms with E-state index in [1.807, 2.05) is 19.9 Å². The van der Waals surface area contributed by atoms with Crippen molar-refractivity contribution >= 4 is 14.7 Å². The summed E-state index contributed by atoms with van der Waals surface area (Å²) in [6.45, 7) is 6.95. The van der Waals surface area contributed by atoms with E-state index in [4.69, 9.17) is 9.05 Å². The van der Waals surface area contributed by atoms with Gasteiger partial charge in [0.25, 0.3) is 0 Å². The maximum absolute atomic E-state index is 10.3. The lowest BCUT2D eigenvalue weighted by Gasteiger charge is -2.13. The fourth-order valence-electron chi connectivity index (χ4n) is 0.697. The number of hydrogen-bond acceptors (Lipinski definition) is 3. The highest BCUT2D eigenvalue weighted by Gasteiger charge is 2.06. The molecule has 0 radical (unpaired) electrons. The second-order valence-electron chi connectivity index (χ2n) is 2.42. The average molecular weight is 204 g/mol. The van der Waals surface area contributed by atoms with Crippen LogP contribution in [0.4, 0.5) is 0 Å². The Hall–Kier alpha value is -0.240. The standard InChI is InChI=1S/C9H17O3P/c1-4-11-13(12-5-2)7-6-9(3)8-10/h6,8H,4-5,7H2,1-3H3. The summed E-state index contributed by atoms with van der Waals surface area (Å²) in [4.78, 5) is 10.3. The molecule has 4 heteroatoms. The summed E-state index contributed by atoms with van der Waals surface area (Å²) in [5, 5.41) is 0. The van der Waals surface area contributed by atoms with Crippen LogP contribution in [0.1, 0.15) is 20.8 Å². The maximum atomic E-state index is 10.3. The molecule has 0 aliphatic heterocycles. The molecule has 0 aliphatic rings. The highest BCUT2D eigenvalue weighted by Crippen LogP contribution is 2.37. The minimum absolute atomic E-state index is 0.652.